The highest BCUT2D eigenvalue weighted by Crippen LogP contribution is 2.26. The highest BCUT2D eigenvalue weighted by atomic mass is 32.2. The van der Waals surface area contributed by atoms with E-state index in [9.17, 15) is 8.42 Å². The van der Waals surface area contributed by atoms with Crippen LogP contribution in [0.5, 0.6) is 0 Å². The lowest BCUT2D eigenvalue weighted by Gasteiger charge is -2.36. The summed E-state index contributed by atoms with van der Waals surface area (Å²) >= 11 is 0. The Morgan fingerprint density at radius 1 is 1.39 bits per heavy atom. The van der Waals surface area contributed by atoms with Crippen LogP contribution < -0.4 is 0 Å². The molecule has 126 valence electrons. The summed E-state index contributed by atoms with van der Waals surface area (Å²) < 4.78 is 34.0. The third kappa shape index (κ3) is 2.89. The Hall–Kier alpha value is -1.78. The second kappa shape index (κ2) is 6.02. The average Bonchev–Trinajstić information content (AvgIpc) is 3.16. The predicted molar refractivity (Wildman–Crippen MR) is 81.1 cm³/mol. The Bertz CT molecular complexity index is 783. The minimum Gasteiger partial charge on any atom is -0.338 e. The van der Waals surface area contributed by atoms with Gasteiger partial charge in [0.15, 0.2) is 10.9 Å². The fourth-order valence-corrected chi connectivity index (χ4v) is 4.29. The fraction of sp³-hybridized carbons (Fsp3) is 0.615. The molecule has 0 bridgehead atoms. The van der Waals surface area contributed by atoms with Gasteiger partial charge in [-0.15, -0.1) is 0 Å². The highest BCUT2D eigenvalue weighted by molar-refractivity contribution is 7.89. The van der Waals surface area contributed by atoms with Crippen LogP contribution in [0.15, 0.2) is 21.8 Å². The molecule has 0 radical (unpaired) electrons. The molecule has 3 heterocycles. The zero-order valence-electron chi connectivity index (χ0n) is 13.4. The van der Waals surface area contributed by atoms with Crippen molar-refractivity contribution in [3.8, 4) is 0 Å². The van der Waals surface area contributed by atoms with Crippen LogP contribution in [0, 0.1) is 6.92 Å². The van der Waals surface area contributed by atoms with Crippen molar-refractivity contribution in [3.05, 3.63) is 24.0 Å². The summed E-state index contributed by atoms with van der Waals surface area (Å²) in [6.45, 7) is 5.38. The lowest BCUT2D eigenvalue weighted by Crippen LogP contribution is -2.49. The number of nitrogens with zero attached hydrogens (tertiary/aromatic N) is 6. The number of likely N-dealkylation sites (N-methyl/N-ethyl adjacent to an activating group) is 1. The van der Waals surface area contributed by atoms with Crippen molar-refractivity contribution in [3.63, 3.8) is 0 Å². The fourth-order valence-electron chi connectivity index (χ4n) is 2.69. The summed E-state index contributed by atoms with van der Waals surface area (Å²) in [6, 6.07) is 1.28. The zero-order chi connectivity index (χ0) is 16.6. The molecule has 0 unspecified atom stereocenters. The Labute approximate surface area is 134 Å². The van der Waals surface area contributed by atoms with Crippen LogP contribution >= 0.6 is 0 Å². The maximum atomic E-state index is 12.9. The van der Waals surface area contributed by atoms with E-state index >= 15 is 0 Å². The molecule has 2 aromatic rings. The molecule has 23 heavy (non-hydrogen) atoms. The second-order valence-corrected chi connectivity index (χ2v) is 7.41. The number of aromatic nitrogens is 4. The average molecular weight is 340 g/mol. The van der Waals surface area contributed by atoms with Gasteiger partial charge in [-0.3, -0.25) is 9.58 Å². The van der Waals surface area contributed by atoms with Crippen molar-refractivity contribution in [1.29, 1.82) is 0 Å². The van der Waals surface area contributed by atoms with Crippen LogP contribution in [0.25, 0.3) is 0 Å². The molecule has 9 nitrogen and oxygen atoms in total. The number of hydrogen-bond acceptors (Lipinski definition) is 7. The van der Waals surface area contributed by atoms with Crippen molar-refractivity contribution in [2.45, 2.75) is 31.5 Å². The Balaban J connectivity index is 1.89. The van der Waals surface area contributed by atoms with Crippen LogP contribution in [-0.4, -0.2) is 64.2 Å². The maximum Gasteiger partial charge on any atom is 0.260 e. The molecule has 1 aliphatic heterocycles. The first-order valence-electron chi connectivity index (χ1n) is 7.46. The SMILES string of the molecule is CCn1nccc1S(=O)(=O)N1CCN(C)[C@H](c2nc(C)no2)C1. The summed E-state index contributed by atoms with van der Waals surface area (Å²) in [5.74, 6) is 0.978. The lowest BCUT2D eigenvalue weighted by atomic mass is 10.2. The topological polar surface area (TPSA) is 97.4 Å². The standard InChI is InChI=1S/C13H20N6O3S/c1-4-19-12(5-6-14-19)23(20,21)18-8-7-17(3)11(9-18)13-15-10(2)16-22-13/h5-6,11H,4,7-9H2,1-3H3/t11-/m0/s1. The van der Waals surface area contributed by atoms with E-state index in [1.807, 2.05) is 18.9 Å². The molecule has 1 saturated heterocycles. The van der Waals surface area contributed by atoms with Crippen LogP contribution in [0.1, 0.15) is 24.7 Å². The van der Waals surface area contributed by atoms with Gasteiger partial charge in [-0.1, -0.05) is 5.16 Å². The van der Waals surface area contributed by atoms with Gasteiger partial charge in [-0.2, -0.15) is 14.4 Å². The smallest absolute Gasteiger partial charge is 0.260 e. The van der Waals surface area contributed by atoms with E-state index < -0.39 is 10.0 Å². The van der Waals surface area contributed by atoms with E-state index in [1.165, 1.54) is 21.3 Å². The number of sulfonamides is 1. The van der Waals surface area contributed by atoms with Gasteiger partial charge < -0.3 is 4.52 Å². The van der Waals surface area contributed by atoms with Crippen LogP contribution in [0.3, 0.4) is 0 Å². The van der Waals surface area contributed by atoms with Gasteiger partial charge in [0, 0.05) is 26.2 Å². The van der Waals surface area contributed by atoms with Gasteiger partial charge in [0.1, 0.15) is 6.04 Å². The summed E-state index contributed by atoms with van der Waals surface area (Å²) in [4.78, 5) is 6.26. The molecule has 1 aliphatic rings. The van der Waals surface area contributed by atoms with Gasteiger partial charge in [0.25, 0.3) is 10.0 Å². The molecule has 0 aromatic carbocycles. The van der Waals surface area contributed by atoms with Crippen molar-refractivity contribution < 1.29 is 12.9 Å². The first-order valence-corrected chi connectivity index (χ1v) is 8.90. The Morgan fingerprint density at radius 3 is 2.83 bits per heavy atom. The van der Waals surface area contributed by atoms with Gasteiger partial charge >= 0.3 is 0 Å². The summed E-state index contributed by atoms with van der Waals surface area (Å²) in [5, 5.41) is 8.06. The van der Waals surface area contributed by atoms with Crippen molar-refractivity contribution >= 4 is 10.0 Å². The molecule has 2 aromatic heterocycles. The Morgan fingerprint density at radius 2 is 2.17 bits per heavy atom. The maximum absolute atomic E-state index is 12.9. The van der Waals surface area contributed by atoms with E-state index in [2.05, 4.69) is 15.2 Å². The number of piperazine rings is 1. The first kappa shape index (κ1) is 16.1. The van der Waals surface area contributed by atoms with Gasteiger partial charge in [0.05, 0.1) is 6.20 Å². The van der Waals surface area contributed by atoms with Crippen LogP contribution in [-0.2, 0) is 16.6 Å². The lowest BCUT2D eigenvalue weighted by molar-refractivity contribution is 0.120. The molecular weight excluding hydrogens is 320 g/mol. The van der Waals surface area contributed by atoms with Gasteiger partial charge in [-0.25, -0.2) is 8.42 Å². The molecule has 0 aliphatic carbocycles. The van der Waals surface area contributed by atoms with Crippen molar-refractivity contribution in [1.82, 2.24) is 29.1 Å². The quantitative estimate of drug-likeness (QED) is 0.788. The van der Waals surface area contributed by atoms with E-state index in [4.69, 9.17) is 4.52 Å². The van der Waals surface area contributed by atoms with Crippen molar-refractivity contribution in [2.24, 2.45) is 0 Å². The molecular formula is C13H20N6O3S. The summed E-state index contributed by atoms with van der Waals surface area (Å²) in [7, 11) is -1.68. The third-order valence-corrected chi connectivity index (χ3v) is 5.91. The normalized spacial score (nSPS) is 20.9. The zero-order valence-corrected chi connectivity index (χ0v) is 14.2. The monoisotopic (exact) mass is 340 g/mol. The summed E-state index contributed by atoms with van der Waals surface area (Å²) in [6.07, 6.45) is 1.51. The molecule has 0 N–H and O–H groups in total. The molecule has 1 atom stereocenters. The number of hydrogen-bond donors (Lipinski definition) is 0. The largest absolute Gasteiger partial charge is 0.338 e. The third-order valence-electron chi connectivity index (χ3n) is 4.02. The number of aryl methyl sites for hydroxylation is 2. The second-order valence-electron chi connectivity index (χ2n) is 5.52. The molecule has 1 fully saturated rings. The van der Waals surface area contributed by atoms with Crippen LogP contribution in [0.4, 0.5) is 0 Å². The first-order chi connectivity index (χ1) is 10.9. The summed E-state index contributed by atoms with van der Waals surface area (Å²) in [5.41, 5.74) is 0. The van der Waals surface area contributed by atoms with E-state index in [-0.39, 0.29) is 17.6 Å². The number of rotatable bonds is 4. The van der Waals surface area contributed by atoms with E-state index in [1.54, 1.807) is 6.92 Å². The van der Waals surface area contributed by atoms with Crippen LogP contribution in [0.2, 0.25) is 0 Å². The molecule has 3 rings (SSSR count). The Kier molecular flexibility index (Phi) is 4.21. The highest BCUT2D eigenvalue weighted by Gasteiger charge is 2.37. The van der Waals surface area contributed by atoms with Gasteiger partial charge in [0.2, 0.25) is 5.89 Å². The van der Waals surface area contributed by atoms with E-state index in [0.717, 1.165) is 0 Å². The van der Waals surface area contributed by atoms with Crippen molar-refractivity contribution in [2.75, 3.05) is 26.7 Å². The molecule has 0 amide bonds. The molecule has 0 spiro atoms. The minimum atomic E-state index is -3.60. The predicted octanol–water partition coefficient (Wildman–Crippen LogP) is 0.272. The minimum absolute atomic E-state index is 0.213. The van der Waals surface area contributed by atoms with Gasteiger partial charge in [-0.05, 0) is 27.0 Å². The molecule has 0 saturated carbocycles. The van der Waals surface area contributed by atoms with E-state index in [0.29, 0.717) is 31.3 Å². The molecule has 10 heteroatoms.